The van der Waals surface area contributed by atoms with Gasteiger partial charge in [0.1, 0.15) is 5.75 Å². The SMILES string of the molecule is COc1ccccc1N(CCCC(=O)Nc1cccc(C)c1)S(C)(=O)=O. The molecule has 26 heavy (non-hydrogen) atoms. The molecule has 0 atom stereocenters. The van der Waals surface area contributed by atoms with Gasteiger partial charge in [-0.05, 0) is 43.2 Å². The molecule has 0 saturated carbocycles. The highest BCUT2D eigenvalue weighted by molar-refractivity contribution is 7.92. The van der Waals surface area contributed by atoms with Crippen molar-refractivity contribution >= 4 is 27.3 Å². The minimum Gasteiger partial charge on any atom is -0.495 e. The normalized spacial score (nSPS) is 11.0. The largest absolute Gasteiger partial charge is 0.495 e. The fraction of sp³-hybridized carbons (Fsp3) is 0.316. The number of nitrogens with one attached hydrogen (secondary N) is 1. The Hall–Kier alpha value is -2.54. The molecule has 0 aliphatic carbocycles. The molecule has 0 aliphatic rings. The first-order valence-corrected chi connectivity index (χ1v) is 10.1. The summed E-state index contributed by atoms with van der Waals surface area (Å²) in [5.41, 5.74) is 2.26. The number of para-hydroxylation sites is 2. The summed E-state index contributed by atoms with van der Waals surface area (Å²) in [6.07, 6.45) is 1.75. The molecule has 0 radical (unpaired) electrons. The molecule has 0 spiro atoms. The lowest BCUT2D eigenvalue weighted by molar-refractivity contribution is -0.116. The average Bonchev–Trinajstić information content (AvgIpc) is 2.57. The lowest BCUT2D eigenvalue weighted by Gasteiger charge is -2.24. The van der Waals surface area contributed by atoms with Gasteiger partial charge in [-0.25, -0.2) is 8.42 Å². The van der Waals surface area contributed by atoms with E-state index in [1.807, 2.05) is 31.2 Å². The molecule has 0 bridgehead atoms. The number of aryl methyl sites for hydroxylation is 1. The van der Waals surface area contributed by atoms with Crippen LogP contribution in [0.5, 0.6) is 5.75 Å². The van der Waals surface area contributed by atoms with E-state index >= 15 is 0 Å². The number of hydrogen-bond acceptors (Lipinski definition) is 4. The second-order valence-corrected chi connectivity index (χ2v) is 7.93. The van der Waals surface area contributed by atoms with Crippen molar-refractivity contribution in [2.45, 2.75) is 19.8 Å². The molecule has 0 saturated heterocycles. The van der Waals surface area contributed by atoms with Crippen LogP contribution in [-0.2, 0) is 14.8 Å². The zero-order valence-electron chi connectivity index (χ0n) is 15.2. The predicted octanol–water partition coefficient (Wildman–Crippen LogP) is 3.19. The van der Waals surface area contributed by atoms with Crippen molar-refractivity contribution in [3.8, 4) is 5.75 Å². The number of sulfonamides is 1. The molecular weight excluding hydrogens is 352 g/mol. The number of benzene rings is 2. The zero-order chi connectivity index (χ0) is 19.2. The molecule has 6 nitrogen and oxygen atoms in total. The maximum Gasteiger partial charge on any atom is 0.232 e. The van der Waals surface area contributed by atoms with Gasteiger partial charge in [-0.1, -0.05) is 24.3 Å². The summed E-state index contributed by atoms with van der Waals surface area (Å²) in [7, 11) is -2.00. The van der Waals surface area contributed by atoms with Crippen molar-refractivity contribution in [3.63, 3.8) is 0 Å². The molecule has 1 N–H and O–H groups in total. The molecule has 2 aromatic rings. The van der Waals surface area contributed by atoms with E-state index < -0.39 is 10.0 Å². The van der Waals surface area contributed by atoms with Gasteiger partial charge in [-0.15, -0.1) is 0 Å². The molecular formula is C19H24N2O4S. The highest BCUT2D eigenvalue weighted by atomic mass is 32.2. The Balaban J connectivity index is 2.01. The Labute approximate surface area is 154 Å². The van der Waals surface area contributed by atoms with Crippen molar-refractivity contribution in [3.05, 3.63) is 54.1 Å². The van der Waals surface area contributed by atoms with Gasteiger partial charge in [0.25, 0.3) is 0 Å². The van der Waals surface area contributed by atoms with Gasteiger partial charge < -0.3 is 10.1 Å². The summed E-state index contributed by atoms with van der Waals surface area (Å²) in [6, 6.07) is 14.5. The lowest BCUT2D eigenvalue weighted by atomic mass is 10.2. The standard InChI is InChI=1S/C19H24N2O4S/c1-15-8-6-9-16(14-15)20-19(22)12-7-13-21(26(3,23)24)17-10-4-5-11-18(17)25-2/h4-6,8-11,14H,7,12-13H2,1-3H3,(H,20,22). The number of ether oxygens (including phenoxy) is 1. The summed E-state index contributed by atoms with van der Waals surface area (Å²) in [5, 5.41) is 2.83. The van der Waals surface area contributed by atoms with Crippen LogP contribution in [0.4, 0.5) is 11.4 Å². The maximum atomic E-state index is 12.2. The van der Waals surface area contributed by atoms with Gasteiger partial charge in [0.2, 0.25) is 15.9 Å². The number of carbonyl (C=O) groups is 1. The van der Waals surface area contributed by atoms with E-state index in [0.717, 1.165) is 17.5 Å². The van der Waals surface area contributed by atoms with Gasteiger partial charge in [0, 0.05) is 18.7 Å². The first kappa shape index (κ1) is 19.8. The van der Waals surface area contributed by atoms with Crippen LogP contribution in [0.2, 0.25) is 0 Å². The molecule has 1 amide bonds. The number of anilines is 2. The van der Waals surface area contributed by atoms with Gasteiger partial charge >= 0.3 is 0 Å². The maximum absolute atomic E-state index is 12.2. The molecule has 2 aromatic carbocycles. The van der Waals surface area contributed by atoms with Crippen molar-refractivity contribution in [2.24, 2.45) is 0 Å². The van der Waals surface area contributed by atoms with E-state index in [1.54, 1.807) is 24.3 Å². The molecule has 140 valence electrons. The van der Waals surface area contributed by atoms with E-state index in [0.29, 0.717) is 17.9 Å². The van der Waals surface area contributed by atoms with E-state index in [4.69, 9.17) is 4.74 Å². The minimum absolute atomic E-state index is 0.149. The fourth-order valence-electron chi connectivity index (χ4n) is 2.63. The number of carbonyl (C=O) groups excluding carboxylic acids is 1. The summed E-state index contributed by atoms with van der Waals surface area (Å²) in [4.78, 5) is 12.1. The predicted molar refractivity (Wildman–Crippen MR) is 104 cm³/mol. The number of hydrogen-bond donors (Lipinski definition) is 1. The lowest BCUT2D eigenvalue weighted by Crippen LogP contribution is -2.31. The molecule has 0 heterocycles. The molecule has 0 unspecified atom stereocenters. The summed E-state index contributed by atoms with van der Waals surface area (Å²) in [5.74, 6) is 0.325. The molecule has 0 fully saturated rings. The first-order valence-electron chi connectivity index (χ1n) is 8.28. The Morgan fingerprint density at radius 1 is 1.15 bits per heavy atom. The Morgan fingerprint density at radius 2 is 1.88 bits per heavy atom. The van der Waals surface area contributed by atoms with E-state index in [9.17, 15) is 13.2 Å². The van der Waals surface area contributed by atoms with Gasteiger partial charge in [0.15, 0.2) is 0 Å². The monoisotopic (exact) mass is 376 g/mol. The third-order valence-corrected chi connectivity index (χ3v) is 5.00. The van der Waals surface area contributed by atoms with Crippen LogP contribution in [0.3, 0.4) is 0 Å². The molecule has 0 aliphatic heterocycles. The number of nitrogens with zero attached hydrogens (tertiary/aromatic N) is 1. The zero-order valence-corrected chi connectivity index (χ0v) is 16.0. The van der Waals surface area contributed by atoms with E-state index in [1.165, 1.54) is 11.4 Å². The summed E-state index contributed by atoms with van der Waals surface area (Å²) >= 11 is 0. The van der Waals surface area contributed by atoms with Gasteiger partial charge in [0.05, 0.1) is 19.1 Å². The van der Waals surface area contributed by atoms with Crippen molar-refractivity contribution < 1.29 is 17.9 Å². The average molecular weight is 376 g/mol. The smallest absolute Gasteiger partial charge is 0.232 e. The van der Waals surface area contributed by atoms with Crippen molar-refractivity contribution in [1.29, 1.82) is 0 Å². The highest BCUT2D eigenvalue weighted by Crippen LogP contribution is 2.29. The topological polar surface area (TPSA) is 75.7 Å². The van der Waals surface area contributed by atoms with Gasteiger partial charge in [-0.2, -0.15) is 0 Å². The van der Waals surface area contributed by atoms with Crippen molar-refractivity contribution in [1.82, 2.24) is 0 Å². The fourth-order valence-corrected chi connectivity index (χ4v) is 3.60. The number of rotatable bonds is 8. The Kier molecular flexibility index (Phi) is 6.63. The van der Waals surface area contributed by atoms with Crippen LogP contribution in [0.25, 0.3) is 0 Å². The third kappa shape index (κ3) is 5.49. The third-order valence-electron chi connectivity index (χ3n) is 3.82. The van der Waals surface area contributed by atoms with E-state index in [2.05, 4.69) is 5.32 Å². The molecule has 2 rings (SSSR count). The second-order valence-electron chi connectivity index (χ2n) is 6.03. The Bertz CT molecular complexity index is 865. The minimum atomic E-state index is -3.49. The molecule has 7 heteroatoms. The van der Waals surface area contributed by atoms with Crippen LogP contribution < -0.4 is 14.4 Å². The van der Waals surface area contributed by atoms with Crippen molar-refractivity contribution in [2.75, 3.05) is 29.5 Å². The van der Waals surface area contributed by atoms with E-state index in [-0.39, 0.29) is 18.9 Å². The second kappa shape index (κ2) is 8.71. The summed E-state index contributed by atoms with van der Waals surface area (Å²) in [6.45, 7) is 2.15. The Morgan fingerprint density at radius 3 is 2.54 bits per heavy atom. The van der Waals surface area contributed by atoms with Crippen LogP contribution in [-0.4, -0.2) is 34.2 Å². The molecule has 0 aromatic heterocycles. The first-order chi connectivity index (χ1) is 12.3. The highest BCUT2D eigenvalue weighted by Gasteiger charge is 2.20. The van der Waals surface area contributed by atoms with Crippen LogP contribution >= 0.6 is 0 Å². The van der Waals surface area contributed by atoms with Gasteiger partial charge in [-0.3, -0.25) is 9.10 Å². The van der Waals surface area contributed by atoms with Crippen LogP contribution in [0.1, 0.15) is 18.4 Å². The van der Waals surface area contributed by atoms with Crippen LogP contribution in [0, 0.1) is 6.92 Å². The quantitative estimate of drug-likeness (QED) is 0.768. The summed E-state index contributed by atoms with van der Waals surface area (Å²) < 4.78 is 30.9. The number of amides is 1. The number of methoxy groups -OCH3 is 1. The van der Waals surface area contributed by atoms with Crippen LogP contribution in [0.15, 0.2) is 48.5 Å².